The summed E-state index contributed by atoms with van der Waals surface area (Å²) in [6.07, 6.45) is -4.86. The predicted octanol–water partition coefficient (Wildman–Crippen LogP) is 0.514. The van der Waals surface area contributed by atoms with Crippen LogP contribution >= 0.6 is 0 Å². The fourth-order valence-electron chi connectivity index (χ4n) is 2.12. The van der Waals surface area contributed by atoms with Crippen LogP contribution < -0.4 is 5.73 Å². The minimum Gasteiger partial charge on any atom is -0.477 e. The first-order valence-electron chi connectivity index (χ1n) is 6.27. The number of carbonyl (C=O) groups is 1. The molecule has 118 valence electrons. The van der Waals surface area contributed by atoms with E-state index in [9.17, 15) is 18.0 Å². The zero-order valence-electron chi connectivity index (χ0n) is 11.1. The number of hydrogen-bond acceptors (Lipinski definition) is 5. The number of alkyl halides is 3. The molecule has 0 aromatic carbocycles. The Kier molecular flexibility index (Phi) is 4.37. The van der Waals surface area contributed by atoms with E-state index in [0.717, 1.165) is 4.68 Å². The summed E-state index contributed by atoms with van der Waals surface area (Å²) in [5.74, 6) is -2.22. The third-order valence-corrected chi connectivity index (χ3v) is 3.21. The lowest BCUT2D eigenvalue weighted by Crippen LogP contribution is -2.38. The van der Waals surface area contributed by atoms with E-state index in [0.29, 0.717) is 32.8 Å². The van der Waals surface area contributed by atoms with Gasteiger partial charge in [0.05, 0.1) is 19.8 Å². The van der Waals surface area contributed by atoms with E-state index in [1.807, 2.05) is 4.90 Å². The number of carboxylic acids is 1. The van der Waals surface area contributed by atoms with Crippen LogP contribution in [-0.2, 0) is 17.5 Å². The topological polar surface area (TPSA) is 93.6 Å². The van der Waals surface area contributed by atoms with Crippen LogP contribution in [0.1, 0.15) is 16.1 Å². The van der Waals surface area contributed by atoms with Gasteiger partial charge in [0.15, 0.2) is 5.69 Å². The zero-order valence-corrected chi connectivity index (χ0v) is 11.1. The Morgan fingerprint density at radius 3 is 2.43 bits per heavy atom. The Balaban J connectivity index is 2.18. The van der Waals surface area contributed by atoms with Crippen molar-refractivity contribution in [3.63, 3.8) is 0 Å². The van der Waals surface area contributed by atoms with Gasteiger partial charge in [0.2, 0.25) is 0 Å². The second kappa shape index (κ2) is 5.90. The number of morpholine rings is 1. The third kappa shape index (κ3) is 3.45. The molecule has 0 bridgehead atoms. The second-order valence-corrected chi connectivity index (χ2v) is 4.59. The molecule has 7 nitrogen and oxygen atoms in total. The normalized spacial score (nSPS) is 17.1. The van der Waals surface area contributed by atoms with E-state index >= 15 is 0 Å². The van der Waals surface area contributed by atoms with Crippen molar-refractivity contribution in [2.75, 3.05) is 38.6 Å². The van der Waals surface area contributed by atoms with Gasteiger partial charge >= 0.3 is 12.1 Å². The number of nitrogens with zero attached hydrogens (tertiary/aromatic N) is 3. The highest BCUT2D eigenvalue weighted by molar-refractivity contribution is 5.94. The highest BCUT2D eigenvalue weighted by Gasteiger charge is 2.41. The summed E-state index contributed by atoms with van der Waals surface area (Å²) in [7, 11) is 0. The van der Waals surface area contributed by atoms with Crippen molar-refractivity contribution < 1.29 is 27.8 Å². The fourth-order valence-corrected chi connectivity index (χ4v) is 2.12. The van der Waals surface area contributed by atoms with Gasteiger partial charge < -0.3 is 15.6 Å². The van der Waals surface area contributed by atoms with Crippen molar-refractivity contribution in [2.45, 2.75) is 12.7 Å². The number of hydrogen-bond donors (Lipinski definition) is 2. The van der Waals surface area contributed by atoms with E-state index < -0.39 is 29.2 Å². The summed E-state index contributed by atoms with van der Waals surface area (Å²) in [6, 6.07) is 0. The molecule has 10 heteroatoms. The lowest BCUT2D eigenvalue weighted by Gasteiger charge is -2.26. The van der Waals surface area contributed by atoms with Crippen LogP contribution in [0.4, 0.5) is 19.0 Å². The molecule has 2 rings (SSSR count). The molecule has 1 fully saturated rings. The standard InChI is InChI=1S/C11H15F3N4O3/c12-11(13,14)8-7(10(19)20)9(15)18(16-8)2-1-17-3-5-21-6-4-17/h1-6,15H2,(H,19,20). The monoisotopic (exact) mass is 308 g/mol. The number of ether oxygens (including phenoxy) is 1. The van der Waals surface area contributed by atoms with Crippen LogP contribution in [0.25, 0.3) is 0 Å². The average molecular weight is 308 g/mol. The maximum Gasteiger partial charge on any atom is 0.436 e. The maximum atomic E-state index is 12.8. The molecule has 0 atom stereocenters. The highest BCUT2D eigenvalue weighted by atomic mass is 19.4. The molecule has 1 aromatic rings. The molecule has 21 heavy (non-hydrogen) atoms. The van der Waals surface area contributed by atoms with Crippen LogP contribution in [0.3, 0.4) is 0 Å². The predicted molar refractivity (Wildman–Crippen MR) is 65.9 cm³/mol. The van der Waals surface area contributed by atoms with Gasteiger partial charge in [-0.15, -0.1) is 0 Å². The third-order valence-electron chi connectivity index (χ3n) is 3.21. The van der Waals surface area contributed by atoms with E-state index in [1.54, 1.807) is 0 Å². The van der Waals surface area contributed by atoms with Gasteiger partial charge in [0.25, 0.3) is 0 Å². The summed E-state index contributed by atoms with van der Waals surface area (Å²) in [4.78, 5) is 12.9. The molecule has 0 spiro atoms. The molecule has 0 radical (unpaired) electrons. The number of nitrogen functional groups attached to an aromatic ring is 1. The molecule has 1 aromatic heterocycles. The average Bonchev–Trinajstić information content (AvgIpc) is 2.75. The number of aromatic nitrogens is 2. The molecule has 0 amide bonds. The number of halogens is 3. The number of rotatable bonds is 4. The Morgan fingerprint density at radius 1 is 1.33 bits per heavy atom. The largest absolute Gasteiger partial charge is 0.477 e. The van der Waals surface area contributed by atoms with Crippen molar-refractivity contribution in [2.24, 2.45) is 0 Å². The van der Waals surface area contributed by atoms with E-state index in [4.69, 9.17) is 15.6 Å². The molecular weight excluding hydrogens is 293 g/mol. The lowest BCUT2D eigenvalue weighted by molar-refractivity contribution is -0.142. The lowest BCUT2D eigenvalue weighted by atomic mass is 10.2. The van der Waals surface area contributed by atoms with Crippen molar-refractivity contribution in [3.05, 3.63) is 11.3 Å². The minimum absolute atomic E-state index is 0.0855. The van der Waals surface area contributed by atoms with Crippen LogP contribution in [0, 0.1) is 0 Å². The maximum absolute atomic E-state index is 12.8. The van der Waals surface area contributed by atoms with Crippen LogP contribution in [0.5, 0.6) is 0 Å². The number of carboxylic acid groups (broad SMARTS) is 1. The quantitative estimate of drug-likeness (QED) is 0.842. The van der Waals surface area contributed by atoms with Crippen molar-refractivity contribution in [1.82, 2.24) is 14.7 Å². The van der Waals surface area contributed by atoms with Gasteiger partial charge in [0, 0.05) is 19.6 Å². The minimum atomic E-state index is -4.86. The first-order chi connectivity index (χ1) is 9.80. The summed E-state index contributed by atoms with van der Waals surface area (Å²) in [5, 5.41) is 12.2. The number of nitrogens with two attached hydrogens (primary N) is 1. The molecular formula is C11H15F3N4O3. The first-order valence-corrected chi connectivity index (χ1v) is 6.27. The van der Waals surface area contributed by atoms with Crippen molar-refractivity contribution in [3.8, 4) is 0 Å². The van der Waals surface area contributed by atoms with Gasteiger partial charge in [0.1, 0.15) is 11.4 Å². The summed E-state index contributed by atoms with van der Waals surface area (Å²) < 4.78 is 44.4. The number of anilines is 1. The van der Waals surface area contributed by atoms with Crippen molar-refractivity contribution >= 4 is 11.8 Å². The van der Waals surface area contributed by atoms with Crippen LogP contribution in [-0.4, -0.2) is 58.6 Å². The van der Waals surface area contributed by atoms with Crippen LogP contribution in [0.2, 0.25) is 0 Å². The zero-order chi connectivity index (χ0) is 15.6. The molecule has 3 N–H and O–H groups in total. The smallest absolute Gasteiger partial charge is 0.436 e. The molecule has 1 aliphatic rings. The van der Waals surface area contributed by atoms with Crippen molar-refractivity contribution in [1.29, 1.82) is 0 Å². The Morgan fingerprint density at radius 2 is 1.95 bits per heavy atom. The molecule has 0 saturated carbocycles. The summed E-state index contributed by atoms with van der Waals surface area (Å²) >= 11 is 0. The molecule has 0 unspecified atom stereocenters. The second-order valence-electron chi connectivity index (χ2n) is 4.59. The summed E-state index contributed by atoms with van der Waals surface area (Å²) in [5.41, 5.74) is 3.03. The Bertz CT molecular complexity index is 524. The van der Waals surface area contributed by atoms with Crippen LogP contribution in [0.15, 0.2) is 0 Å². The van der Waals surface area contributed by atoms with Gasteiger partial charge in [-0.25, -0.2) is 9.48 Å². The Labute approximate surface area is 118 Å². The van der Waals surface area contributed by atoms with E-state index in [1.165, 1.54) is 0 Å². The first kappa shape index (κ1) is 15.6. The molecule has 2 heterocycles. The summed E-state index contributed by atoms with van der Waals surface area (Å²) in [6.45, 7) is 2.96. The van der Waals surface area contributed by atoms with Gasteiger partial charge in [-0.05, 0) is 0 Å². The van der Waals surface area contributed by atoms with Gasteiger partial charge in [-0.3, -0.25) is 4.90 Å². The highest BCUT2D eigenvalue weighted by Crippen LogP contribution is 2.33. The fraction of sp³-hybridized carbons (Fsp3) is 0.636. The Hall–Kier alpha value is -1.81. The SMILES string of the molecule is Nc1c(C(=O)O)c(C(F)(F)F)nn1CCN1CCOCC1. The van der Waals surface area contributed by atoms with Gasteiger partial charge in [-0.1, -0.05) is 0 Å². The molecule has 1 aliphatic heterocycles. The molecule has 0 aliphatic carbocycles. The number of aromatic carboxylic acids is 1. The van der Waals surface area contributed by atoms with Gasteiger partial charge in [-0.2, -0.15) is 18.3 Å². The van der Waals surface area contributed by atoms with E-state index in [2.05, 4.69) is 5.10 Å². The van der Waals surface area contributed by atoms with E-state index in [-0.39, 0.29) is 6.54 Å². The molecule has 1 saturated heterocycles.